The first-order valence-electron chi connectivity index (χ1n) is 8.48. The molecule has 2 aliphatic rings. The third-order valence-electron chi connectivity index (χ3n) is 4.76. The number of aryl methyl sites for hydroxylation is 1. The van der Waals surface area contributed by atoms with Gasteiger partial charge >= 0.3 is 6.03 Å². The summed E-state index contributed by atoms with van der Waals surface area (Å²) in [6.45, 7) is 4.93. The standard InChI is InChI=1S/C18H23N3O3/c1-13-6-8-15(9-7-13)21-14(2)17(23)20(18(21)24)12-16(22)19-10-4-3-5-11-19/h6-9,14H,3-5,10-12H2,1-2H3. The van der Waals surface area contributed by atoms with E-state index in [-0.39, 0.29) is 18.4 Å². The molecule has 3 rings (SSSR count). The molecule has 1 atom stereocenters. The van der Waals surface area contributed by atoms with E-state index >= 15 is 0 Å². The summed E-state index contributed by atoms with van der Waals surface area (Å²) in [4.78, 5) is 41.9. The highest BCUT2D eigenvalue weighted by Gasteiger charge is 2.44. The Balaban J connectivity index is 1.75. The van der Waals surface area contributed by atoms with Gasteiger partial charge in [-0.3, -0.25) is 19.4 Å². The van der Waals surface area contributed by atoms with E-state index in [1.54, 1.807) is 11.8 Å². The zero-order valence-corrected chi connectivity index (χ0v) is 14.2. The monoisotopic (exact) mass is 329 g/mol. The summed E-state index contributed by atoms with van der Waals surface area (Å²) in [6, 6.07) is 6.46. The molecular formula is C18H23N3O3. The molecule has 6 heteroatoms. The van der Waals surface area contributed by atoms with E-state index in [9.17, 15) is 14.4 Å². The number of anilines is 1. The molecule has 2 heterocycles. The first kappa shape index (κ1) is 16.5. The van der Waals surface area contributed by atoms with Gasteiger partial charge < -0.3 is 4.90 Å². The van der Waals surface area contributed by atoms with Crippen molar-refractivity contribution in [3.05, 3.63) is 29.8 Å². The van der Waals surface area contributed by atoms with E-state index in [0.717, 1.165) is 29.7 Å². The van der Waals surface area contributed by atoms with Gasteiger partial charge in [-0.05, 0) is 45.2 Å². The molecule has 2 fully saturated rings. The Morgan fingerprint density at radius 1 is 1.08 bits per heavy atom. The van der Waals surface area contributed by atoms with Crippen molar-refractivity contribution in [3.63, 3.8) is 0 Å². The van der Waals surface area contributed by atoms with Crippen LogP contribution in [0.4, 0.5) is 10.5 Å². The highest BCUT2D eigenvalue weighted by atomic mass is 16.2. The minimum Gasteiger partial charge on any atom is -0.341 e. The summed E-state index contributed by atoms with van der Waals surface area (Å²) in [6.07, 6.45) is 3.10. The lowest BCUT2D eigenvalue weighted by molar-refractivity contribution is -0.137. The molecule has 1 unspecified atom stereocenters. The van der Waals surface area contributed by atoms with Gasteiger partial charge in [0, 0.05) is 18.8 Å². The molecular weight excluding hydrogens is 306 g/mol. The van der Waals surface area contributed by atoms with Gasteiger partial charge in [-0.1, -0.05) is 17.7 Å². The number of imide groups is 1. The fourth-order valence-electron chi connectivity index (χ4n) is 3.29. The molecule has 1 aromatic rings. The first-order valence-corrected chi connectivity index (χ1v) is 8.48. The third-order valence-corrected chi connectivity index (χ3v) is 4.76. The van der Waals surface area contributed by atoms with Gasteiger partial charge in [0.15, 0.2) is 0 Å². The number of carbonyl (C=O) groups is 3. The van der Waals surface area contributed by atoms with Crippen molar-refractivity contribution in [1.29, 1.82) is 0 Å². The van der Waals surface area contributed by atoms with Crippen molar-refractivity contribution >= 4 is 23.5 Å². The number of nitrogens with zero attached hydrogens (tertiary/aromatic N) is 3. The average molecular weight is 329 g/mol. The van der Waals surface area contributed by atoms with Gasteiger partial charge in [0.25, 0.3) is 5.91 Å². The van der Waals surface area contributed by atoms with E-state index < -0.39 is 12.1 Å². The normalized spacial score (nSPS) is 21.6. The lowest BCUT2D eigenvalue weighted by atomic mass is 10.1. The Labute approximate surface area is 142 Å². The van der Waals surface area contributed by atoms with Crippen LogP contribution in [0.3, 0.4) is 0 Å². The Bertz CT molecular complexity index is 650. The van der Waals surface area contributed by atoms with E-state index in [1.807, 2.05) is 31.2 Å². The summed E-state index contributed by atoms with van der Waals surface area (Å²) in [5.41, 5.74) is 1.76. The maximum atomic E-state index is 12.7. The molecule has 6 nitrogen and oxygen atoms in total. The van der Waals surface area contributed by atoms with Crippen molar-refractivity contribution < 1.29 is 14.4 Å². The number of amides is 4. The second-order valence-electron chi connectivity index (χ2n) is 6.53. The van der Waals surface area contributed by atoms with Crippen molar-refractivity contribution in [2.45, 2.75) is 39.2 Å². The van der Waals surface area contributed by atoms with Crippen LogP contribution in [-0.4, -0.2) is 53.3 Å². The van der Waals surface area contributed by atoms with Crippen molar-refractivity contribution in [2.24, 2.45) is 0 Å². The molecule has 128 valence electrons. The number of likely N-dealkylation sites (tertiary alicyclic amines) is 1. The van der Waals surface area contributed by atoms with Gasteiger partial charge in [-0.2, -0.15) is 0 Å². The summed E-state index contributed by atoms with van der Waals surface area (Å²) < 4.78 is 0. The van der Waals surface area contributed by atoms with Gasteiger partial charge in [-0.15, -0.1) is 0 Å². The summed E-state index contributed by atoms with van der Waals surface area (Å²) in [5, 5.41) is 0. The SMILES string of the molecule is Cc1ccc(N2C(=O)N(CC(=O)N3CCCCC3)C(=O)C2C)cc1. The number of hydrogen-bond acceptors (Lipinski definition) is 3. The molecule has 4 amide bonds. The quantitative estimate of drug-likeness (QED) is 0.799. The van der Waals surface area contributed by atoms with Gasteiger partial charge in [0.2, 0.25) is 5.91 Å². The molecule has 0 N–H and O–H groups in total. The van der Waals surface area contributed by atoms with Gasteiger partial charge in [0.05, 0.1) is 0 Å². The van der Waals surface area contributed by atoms with Crippen LogP contribution in [0.5, 0.6) is 0 Å². The number of urea groups is 1. The topological polar surface area (TPSA) is 60.9 Å². The zero-order valence-electron chi connectivity index (χ0n) is 14.2. The Morgan fingerprint density at radius 2 is 1.71 bits per heavy atom. The van der Waals surface area contributed by atoms with E-state index in [1.165, 1.54) is 4.90 Å². The van der Waals surface area contributed by atoms with Crippen LogP contribution in [0, 0.1) is 6.92 Å². The smallest absolute Gasteiger partial charge is 0.332 e. The Hall–Kier alpha value is -2.37. The minimum absolute atomic E-state index is 0.144. The summed E-state index contributed by atoms with van der Waals surface area (Å²) in [5.74, 6) is -0.458. The lowest BCUT2D eigenvalue weighted by Gasteiger charge is -2.28. The van der Waals surface area contributed by atoms with Crippen LogP contribution in [0.2, 0.25) is 0 Å². The van der Waals surface area contributed by atoms with Crippen molar-refractivity contribution in [1.82, 2.24) is 9.80 Å². The molecule has 0 saturated carbocycles. The van der Waals surface area contributed by atoms with Gasteiger partial charge in [0.1, 0.15) is 12.6 Å². The molecule has 2 aliphatic heterocycles. The van der Waals surface area contributed by atoms with Crippen LogP contribution in [-0.2, 0) is 9.59 Å². The maximum absolute atomic E-state index is 12.7. The molecule has 2 saturated heterocycles. The third kappa shape index (κ3) is 3.00. The number of benzene rings is 1. The predicted molar refractivity (Wildman–Crippen MR) is 90.7 cm³/mol. The predicted octanol–water partition coefficient (Wildman–Crippen LogP) is 2.16. The van der Waals surface area contributed by atoms with Crippen LogP contribution in [0.1, 0.15) is 31.7 Å². The first-order chi connectivity index (χ1) is 11.5. The number of rotatable bonds is 3. The number of piperidine rings is 1. The summed E-state index contributed by atoms with van der Waals surface area (Å²) in [7, 11) is 0. The molecule has 1 aromatic carbocycles. The van der Waals surface area contributed by atoms with Crippen molar-refractivity contribution in [2.75, 3.05) is 24.5 Å². The fraction of sp³-hybridized carbons (Fsp3) is 0.500. The number of hydrogen-bond donors (Lipinski definition) is 0. The molecule has 0 radical (unpaired) electrons. The van der Waals surface area contributed by atoms with Crippen LogP contribution in [0.15, 0.2) is 24.3 Å². The second kappa shape index (κ2) is 6.63. The second-order valence-corrected chi connectivity index (χ2v) is 6.53. The molecule has 0 bridgehead atoms. The average Bonchev–Trinajstić information content (AvgIpc) is 2.80. The molecule has 0 spiro atoms. The van der Waals surface area contributed by atoms with Crippen LogP contribution >= 0.6 is 0 Å². The van der Waals surface area contributed by atoms with Crippen LogP contribution in [0.25, 0.3) is 0 Å². The van der Waals surface area contributed by atoms with Gasteiger partial charge in [-0.25, -0.2) is 4.79 Å². The Morgan fingerprint density at radius 3 is 2.33 bits per heavy atom. The fourth-order valence-corrected chi connectivity index (χ4v) is 3.29. The highest BCUT2D eigenvalue weighted by molar-refractivity contribution is 6.15. The molecule has 24 heavy (non-hydrogen) atoms. The molecule has 0 aromatic heterocycles. The largest absolute Gasteiger partial charge is 0.341 e. The summed E-state index contributed by atoms with van der Waals surface area (Å²) >= 11 is 0. The zero-order chi connectivity index (χ0) is 17.3. The number of carbonyl (C=O) groups excluding carboxylic acids is 3. The lowest BCUT2D eigenvalue weighted by Crippen LogP contribution is -2.45. The van der Waals surface area contributed by atoms with Crippen molar-refractivity contribution in [3.8, 4) is 0 Å². The van der Waals surface area contributed by atoms with E-state index in [0.29, 0.717) is 18.8 Å². The maximum Gasteiger partial charge on any atom is 0.332 e. The van der Waals surface area contributed by atoms with Crippen LogP contribution < -0.4 is 4.90 Å². The van der Waals surface area contributed by atoms with E-state index in [2.05, 4.69) is 0 Å². The molecule has 0 aliphatic carbocycles. The Kier molecular flexibility index (Phi) is 4.55. The highest BCUT2D eigenvalue weighted by Crippen LogP contribution is 2.26. The minimum atomic E-state index is -0.589. The van der Waals surface area contributed by atoms with E-state index in [4.69, 9.17) is 0 Å².